The number of hydrogen-bond donors (Lipinski definition) is 2. The number of hydrogen-bond acceptors (Lipinski definition) is 3. The Morgan fingerprint density at radius 3 is 2.38 bits per heavy atom. The predicted octanol–water partition coefficient (Wildman–Crippen LogP) is -0.505. The maximum atomic E-state index is 10.8. The first-order valence-electron chi connectivity index (χ1n) is 3.34. The molecule has 0 radical (unpaired) electrons. The second kappa shape index (κ2) is 6.03. The third-order valence-corrected chi connectivity index (χ3v) is 1.11. The van der Waals surface area contributed by atoms with E-state index in [4.69, 9.17) is 16.9 Å². The van der Waals surface area contributed by atoms with Crippen LogP contribution in [0.3, 0.4) is 0 Å². The van der Waals surface area contributed by atoms with Crippen LogP contribution in [-0.2, 0) is 9.59 Å². The van der Waals surface area contributed by atoms with Crippen molar-refractivity contribution < 1.29 is 9.59 Å². The number of amides is 2. The number of rotatable bonds is 3. The van der Waals surface area contributed by atoms with Crippen LogP contribution in [0.5, 0.6) is 0 Å². The van der Waals surface area contributed by atoms with Gasteiger partial charge >= 0.3 is 11.8 Å². The fourth-order valence-corrected chi connectivity index (χ4v) is 0.523. The van der Waals surface area contributed by atoms with Gasteiger partial charge in [-0.05, 0) is 0 Å². The smallest absolute Gasteiger partial charge is 0.310 e. The van der Waals surface area contributed by atoms with Gasteiger partial charge in [-0.2, -0.15) is 5.26 Å². The largest absolute Gasteiger partial charge is 0.343 e. The fourth-order valence-electron chi connectivity index (χ4n) is 0.457. The van der Waals surface area contributed by atoms with Gasteiger partial charge in [-0.1, -0.05) is 18.2 Å². The average molecular weight is 202 g/mol. The highest BCUT2D eigenvalue weighted by molar-refractivity contribution is 6.35. The molecule has 0 unspecified atom stereocenters. The van der Waals surface area contributed by atoms with Gasteiger partial charge in [0.05, 0.1) is 12.6 Å². The van der Waals surface area contributed by atoms with Crippen molar-refractivity contribution in [2.45, 2.75) is 0 Å². The van der Waals surface area contributed by atoms with Crippen molar-refractivity contribution in [1.29, 1.82) is 5.26 Å². The summed E-state index contributed by atoms with van der Waals surface area (Å²) in [5.41, 5.74) is 0. The molecule has 0 aromatic rings. The Bertz CT molecular complexity index is 269. The highest BCUT2D eigenvalue weighted by atomic mass is 35.5. The minimum absolute atomic E-state index is 0.0281. The molecule has 5 nitrogen and oxygen atoms in total. The van der Waals surface area contributed by atoms with Gasteiger partial charge in [0.2, 0.25) is 0 Å². The summed E-state index contributed by atoms with van der Waals surface area (Å²) >= 11 is 5.34. The third-order valence-electron chi connectivity index (χ3n) is 0.975. The standard InChI is InChI=1S/C7H8ClN3O2/c1-5(8)4-11-7(13)6(12)10-3-2-9/h1,3-4H2,(H,10,12)(H,11,13). The molecule has 0 rings (SSSR count). The molecule has 0 aliphatic carbocycles. The van der Waals surface area contributed by atoms with E-state index in [9.17, 15) is 9.59 Å². The van der Waals surface area contributed by atoms with Gasteiger partial charge in [0.1, 0.15) is 6.54 Å². The van der Waals surface area contributed by atoms with Gasteiger partial charge in [-0.15, -0.1) is 0 Å². The summed E-state index contributed by atoms with van der Waals surface area (Å²) in [5.74, 6) is -1.70. The van der Waals surface area contributed by atoms with Crippen LogP contribution in [0.1, 0.15) is 0 Å². The van der Waals surface area contributed by atoms with Crippen LogP contribution < -0.4 is 10.6 Å². The first-order valence-corrected chi connectivity index (χ1v) is 3.72. The number of nitriles is 1. The molecular weight excluding hydrogens is 194 g/mol. The van der Waals surface area contributed by atoms with E-state index in [2.05, 4.69) is 17.2 Å². The van der Waals surface area contributed by atoms with Gasteiger partial charge < -0.3 is 10.6 Å². The van der Waals surface area contributed by atoms with Gasteiger partial charge in [-0.25, -0.2) is 0 Å². The van der Waals surface area contributed by atoms with Gasteiger partial charge in [-0.3, -0.25) is 9.59 Å². The van der Waals surface area contributed by atoms with E-state index < -0.39 is 11.8 Å². The van der Waals surface area contributed by atoms with E-state index in [0.717, 1.165) is 0 Å². The molecule has 0 spiro atoms. The van der Waals surface area contributed by atoms with Crippen LogP contribution >= 0.6 is 11.6 Å². The van der Waals surface area contributed by atoms with Crippen LogP contribution in [0.15, 0.2) is 11.6 Å². The molecule has 0 saturated heterocycles. The highest BCUT2D eigenvalue weighted by Gasteiger charge is 2.11. The summed E-state index contributed by atoms with van der Waals surface area (Å²) in [6.45, 7) is 3.14. The van der Waals surface area contributed by atoms with Crippen molar-refractivity contribution in [3.63, 3.8) is 0 Å². The molecule has 0 fully saturated rings. The molecular formula is C7H8ClN3O2. The second-order valence-electron chi connectivity index (χ2n) is 2.04. The van der Waals surface area contributed by atoms with Crippen LogP contribution in [0.4, 0.5) is 0 Å². The van der Waals surface area contributed by atoms with Crippen LogP contribution in [0.25, 0.3) is 0 Å². The zero-order valence-electron chi connectivity index (χ0n) is 6.76. The van der Waals surface area contributed by atoms with E-state index in [1.807, 2.05) is 0 Å². The van der Waals surface area contributed by atoms with Crippen molar-refractivity contribution in [2.24, 2.45) is 0 Å². The minimum Gasteiger partial charge on any atom is -0.343 e. The minimum atomic E-state index is -0.862. The lowest BCUT2D eigenvalue weighted by molar-refractivity contribution is -0.138. The van der Waals surface area contributed by atoms with E-state index in [1.165, 1.54) is 0 Å². The molecule has 0 aromatic heterocycles. The van der Waals surface area contributed by atoms with E-state index in [1.54, 1.807) is 6.07 Å². The summed E-state index contributed by atoms with van der Waals surface area (Å²) in [5, 5.41) is 12.6. The molecule has 2 N–H and O–H groups in total. The molecule has 0 heterocycles. The predicted molar refractivity (Wildman–Crippen MR) is 46.6 cm³/mol. The first-order chi connectivity index (χ1) is 6.07. The Balaban J connectivity index is 3.78. The number of halogens is 1. The van der Waals surface area contributed by atoms with E-state index >= 15 is 0 Å². The van der Waals surface area contributed by atoms with E-state index in [-0.39, 0.29) is 18.1 Å². The normalized spacial score (nSPS) is 8.31. The van der Waals surface area contributed by atoms with Crippen LogP contribution in [-0.4, -0.2) is 24.9 Å². The Morgan fingerprint density at radius 1 is 1.38 bits per heavy atom. The number of nitrogens with zero attached hydrogens (tertiary/aromatic N) is 1. The molecule has 0 bridgehead atoms. The van der Waals surface area contributed by atoms with Crippen molar-refractivity contribution in [3.8, 4) is 6.07 Å². The Morgan fingerprint density at radius 2 is 1.92 bits per heavy atom. The number of nitrogens with one attached hydrogen (secondary N) is 2. The van der Waals surface area contributed by atoms with E-state index in [0.29, 0.717) is 0 Å². The lowest BCUT2D eigenvalue weighted by Crippen LogP contribution is -2.40. The lowest BCUT2D eigenvalue weighted by Gasteiger charge is -2.01. The second-order valence-corrected chi connectivity index (χ2v) is 2.58. The quantitative estimate of drug-likeness (QED) is 0.477. The van der Waals surface area contributed by atoms with Crippen molar-refractivity contribution >= 4 is 23.4 Å². The molecule has 13 heavy (non-hydrogen) atoms. The topological polar surface area (TPSA) is 82.0 Å². The Hall–Kier alpha value is -1.54. The SMILES string of the molecule is C=C(Cl)CNC(=O)C(=O)NCC#N. The molecule has 0 aromatic carbocycles. The number of carbonyl (C=O) groups excluding carboxylic acids is 2. The molecule has 70 valence electrons. The molecule has 0 aliphatic rings. The van der Waals surface area contributed by atoms with Crippen LogP contribution in [0, 0.1) is 11.3 Å². The lowest BCUT2D eigenvalue weighted by atomic mass is 10.5. The van der Waals surface area contributed by atoms with Gasteiger partial charge in [0.25, 0.3) is 0 Å². The molecule has 2 amide bonds. The molecule has 0 saturated carbocycles. The Kier molecular flexibility index (Phi) is 5.32. The van der Waals surface area contributed by atoms with Gasteiger partial charge in [0, 0.05) is 5.03 Å². The highest BCUT2D eigenvalue weighted by Crippen LogP contribution is 1.91. The number of carbonyl (C=O) groups is 2. The van der Waals surface area contributed by atoms with Crippen LogP contribution in [0.2, 0.25) is 0 Å². The van der Waals surface area contributed by atoms with Crippen molar-refractivity contribution in [2.75, 3.05) is 13.1 Å². The summed E-state index contributed by atoms with van der Waals surface area (Å²) < 4.78 is 0. The summed E-state index contributed by atoms with van der Waals surface area (Å²) in [6.07, 6.45) is 0. The fraction of sp³-hybridized carbons (Fsp3) is 0.286. The molecule has 0 atom stereocenters. The summed E-state index contributed by atoms with van der Waals surface area (Å²) in [4.78, 5) is 21.6. The Labute approximate surface area is 80.4 Å². The van der Waals surface area contributed by atoms with Crippen molar-refractivity contribution in [1.82, 2.24) is 10.6 Å². The maximum Gasteiger partial charge on any atom is 0.310 e. The summed E-state index contributed by atoms with van der Waals surface area (Å²) in [6, 6.07) is 1.66. The zero-order chi connectivity index (χ0) is 10.3. The van der Waals surface area contributed by atoms with Gasteiger partial charge in [0.15, 0.2) is 0 Å². The zero-order valence-corrected chi connectivity index (χ0v) is 7.52. The first kappa shape index (κ1) is 11.5. The maximum absolute atomic E-state index is 10.8. The average Bonchev–Trinajstić information content (AvgIpc) is 2.10. The summed E-state index contributed by atoms with van der Waals surface area (Å²) in [7, 11) is 0. The van der Waals surface area contributed by atoms with Crippen molar-refractivity contribution in [3.05, 3.63) is 11.6 Å². The monoisotopic (exact) mass is 201 g/mol. The molecule has 6 heteroatoms. The third kappa shape index (κ3) is 5.70. The molecule has 0 aliphatic heterocycles.